The molecule has 0 aromatic rings. The number of rotatable bonds is 11. The molecule has 3 fully saturated rings. The molecule has 0 aromatic heterocycles. The fourth-order valence-electron chi connectivity index (χ4n) is 7.21. The molecule has 5 rings (SSSR count). The first kappa shape index (κ1) is 26.1. The Morgan fingerprint density at radius 3 is 2.06 bits per heavy atom. The minimum absolute atomic E-state index is 0.185. The van der Waals surface area contributed by atoms with E-state index in [0.29, 0.717) is 48.0 Å². The summed E-state index contributed by atoms with van der Waals surface area (Å²) in [7, 11) is -2.62. The third-order valence-electron chi connectivity index (χ3n) is 8.85. The molecule has 4 aliphatic carbocycles. The molecule has 2 saturated carbocycles. The summed E-state index contributed by atoms with van der Waals surface area (Å²) in [4.78, 5) is 10.4. The van der Waals surface area contributed by atoms with Crippen molar-refractivity contribution in [2.24, 2.45) is 34.5 Å². The van der Waals surface area contributed by atoms with Gasteiger partial charge >= 0.3 is 8.80 Å². The van der Waals surface area contributed by atoms with E-state index < -0.39 is 14.8 Å². The first-order valence-corrected chi connectivity index (χ1v) is 15.2. The van der Waals surface area contributed by atoms with E-state index in [-0.39, 0.29) is 11.8 Å². The SMILES string of the molecule is CCO[Si](OCC)(OCC)C1CC2(CC3(CC)COC3)C=CC1C2.O=C([O-])C1CC2C=CC1C2. The fourth-order valence-corrected chi connectivity index (χ4v) is 10.7. The van der Waals surface area contributed by atoms with Crippen LogP contribution in [0.5, 0.6) is 0 Å². The molecule has 1 aliphatic heterocycles. The van der Waals surface area contributed by atoms with Crippen molar-refractivity contribution in [3.63, 3.8) is 0 Å². The number of allylic oxidation sites excluding steroid dienone is 4. The molecule has 0 N–H and O–H groups in total. The van der Waals surface area contributed by atoms with E-state index in [1.165, 1.54) is 19.3 Å². The second-order valence-corrected chi connectivity index (χ2v) is 13.8. The van der Waals surface area contributed by atoms with Crippen molar-refractivity contribution < 1.29 is 27.9 Å². The zero-order valence-electron chi connectivity index (χ0n) is 21.4. The summed E-state index contributed by atoms with van der Waals surface area (Å²) >= 11 is 0. The van der Waals surface area contributed by atoms with Crippen LogP contribution in [0.1, 0.15) is 66.2 Å². The molecule has 192 valence electrons. The van der Waals surface area contributed by atoms with E-state index in [1.54, 1.807) is 0 Å². The van der Waals surface area contributed by atoms with Crippen LogP contribution in [0.4, 0.5) is 0 Å². The number of aliphatic carboxylic acids is 1. The van der Waals surface area contributed by atoms with Gasteiger partial charge in [-0.25, -0.2) is 0 Å². The second kappa shape index (κ2) is 10.6. The summed E-state index contributed by atoms with van der Waals surface area (Å²) in [6, 6.07) is 0. The normalized spacial score (nSPS) is 36.4. The molecule has 0 amide bonds. The fraction of sp³-hybridized carbons (Fsp3) is 0.815. The maximum absolute atomic E-state index is 10.4. The maximum atomic E-state index is 10.4. The summed E-state index contributed by atoms with van der Waals surface area (Å²) in [6.07, 6.45) is 15.8. The Morgan fingerprint density at radius 1 is 0.971 bits per heavy atom. The molecule has 1 heterocycles. The van der Waals surface area contributed by atoms with E-state index in [9.17, 15) is 9.90 Å². The molecule has 0 spiro atoms. The van der Waals surface area contributed by atoms with Gasteiger partial charge in [-0.2, -0.15) is 0 Å². The molecule has 6 atom stereocenters. The van der Waals surface area contributed by atoms with Crippen molar-refractivity contribution in [3.8, 4) is 0 Å². The predicted molar refractivity (Wildman–Crippen MR) is 131 cm³/mol. The van der Waals surface area contributed by atoms with Crippen molar-refractivity contribution in [2.45, 2.75) is 71.8 Å². The lowest BCUT2D eigenvalue weighted by Crippen LogP contribution is -2.52. The highest BCUT2D eigenvalue weighted by atomic mass is 28.4. The van der Waals surface area contributed by atoms with E-state index in [2.05, 4.69) is 45.9 Å². The number of carbonyl (C=O) groups excluding carboxylic acids is 1. The molecular weight excluding hydrogens is 448 g/mol. The number of ether oxygens (including phenoxy) is 1. The first-order chi connectivity index (χ1) is 16.3. The average Bonchev–Trinajstić information content (AvgIpc) is 3.58. The summed E-state index contributed by atoms with van der Waals surface area (Å²) in [5.41, 5.74) is 1.11. The highest BCUT2D eigenvalue weighted by Crippen LogP contribution is 2.63. The van der Waals surface area contributed by atoms with E-state index in [4.69, 9.17) is 18.0 Å². The van der Waals surface area contributed by atoms with Crippen LogP contribution in [0, 0.1) is 34.5 Å². The summed E-state index contributed by atoms with van der Waals surface area (Å²) in [5, 5.41) is 10.4. The highest BCUT2D eigenvalue weighted by Gasteiger charge is 2.62. The third-order valence-corrected chi connectivity index (χ3v) is 12.5. The van der Waals surface area contributed by atoms with Crippen LogP contribution in [0.2, 0.25) is 5.54 Å². The van der Waals surface area contributed by atoms with Gasteiger partial charge in [-0.05, 0) is 82.5 Å². The standard InChI is InChI=1S/C19H34O4Si.C8H10O2/c1-5-18(14-20-15-18)13-19-10-9-16(11-19)17(12-19)24(21-6-2,22-7-3)23-8-4;9-8(10)7-4-5-1-2-6(7)3-5/h9-10,16-17H,5-8,11-15H2,1-4H3;1-2,5-7H,3-4H2,(H,9,10)/p-1. The summed E-state index contributed by atoms with van der Waals surface area (Å²) < 4.78 is 24.2. The third kappa shape index (κ3) is 4.96. The van der Waals surface area contributed by atoms with Gasteiger partial charge in [0.15, 0.2) is 0 Å². The van der Waals surface area contributed by atoms with E-state index in [0.717, 1.165) is 32.5 Å². The van der Waals surface area contributed by atoms with Crippen LogP contribution in [0.15, 0.2) is 24.3 Å². The number of hydrogen-bond acceptors (Lipinski definition) is 6. The van der Waals surface area contributed by atoms with Crippen LogP contribution < -0.4 is 5.11 Å². The largest absolute Gasteiger partial charge is 0.550 e. The quantitative estimate of drug-likeness (QED) is 0.319. The molecule has 5 aliphatic rings. The Bertz CT molecular complexity index is 755. The number of carbonyl (C=O) groups is 1. The molecule has 0 radical (unpaired) electrons. The Morgan fingerprint density at radius 2 is 1.65 bits per heavy atom. The Labute approximate surface area is 206 Å². The van der Waals surface area contributed by atoms with Gasteiger partial charge in [-0.15, -0.1) is 0 Å². The van der Waals surface area contributed by atoms with E-state index >= 15 is 0 Å². The van der Waals surface area contributed by atoms with Crippen LogP contribution in [-0.4, -0.2) is 47.8 Å². The van der Waals surface area contributed by atoms with Crippen LogP contribution >= 0.6 is 0 Å². The molecule has 6 nitrogen and oxygen atoms in total. The van der Waals surface area contributed by atoms with Crippen molar-refractivity contribution in [3.05, 3.63) is 24.3 Å². The Kier molecular flexibility index (Phi) is 8.09. The molecule has 0 aromatic carbocycles. The lowest BCUT2D eigenvalue weighted by molar-refractivity contribution is -0.312. The lowest BCUT2D eigenvalue weighted by Gasteiger charge is -2.46. The zero-order valence-corrected chi connectivity index (χ0v) is 22.4. The van der Waals surface area contributed by atoms with Gasteiger partial charge in [0, 0.05) is 42.7 Å². The predicted octanol–water partition coefficient (Wildman–Crippen LogP) is 4.14. The number of fused-ring (bicyclic) bond motifs is 4. The highest BCUT2D eigenvalue weighted by molar-refractivity contribution is 6.62. The monoisotopic (exact) mass is 491 g/mol. The van der Waals surface area contributed by atoms with Gasteiger partial charge in [0.25, 0.3) is 0 Å². The topological polar surface area (TPSA) is 77.0 Å². The molecule has 34 heavy (non-hydrogen) atoms. The number of hydrogen-bond donors (Lipinski definition) is 0. The van der Waals surface area contributed by atoms with Gasteiger partial charge in [-0.3, -0.25) is 0 Å². The van der Waals surface area contributed by atoms with Gasteiger partial charge in [0.1, 0.15) is 0 Å². The smallest absolute Gasteiger partial charge is 0.504 e. The molecular formula is C27H43O6Si-. The zero-order chi connectivity index (χ0) is 24.4. The van der Waals surface area contributed by atoms with E-state index in [1.807, 2.05) is 6.08 Å². The van der Waals surface area contributed by atoms with Gasteiger partial charge < -0.3 is 27.9 Å². The van der Waals surface area contributed by atoms with Crippen molar-refractivity contribution >= 4 is 14.8 Å². The first-order valence-electron chi connectivity index (χ1n) is 13.4. The minimum atomic E-state index is -2.62. The summed E-state index contributed by atoms with van der Waals surface area (Å²) in [6.45, 7) is 12.3. The average molecular weight is 492 g/mol. The van der Waals surface area contributed by atoms with Gasteiger partial charge in [0.2, 0.25) is 0 Å². The van der Waals surface area contributed by atoms with Crippen LogP contribution in [-0.2, 0) is 22.8 Å². The van der Waals surface area contributed by atoms with Gasteiger partial charge in [0.05, 0.1) is 13.2 Å². The van der Waals surface area contributed by atoms with Gasteiger partial charge in [-0.1, -0.05) is 31.2 Å². The lowest BCUT2D eigenvalue weighted by atomic mass is 9.68. The van der Waals surface area contributed by atoms with Crippen molar-refractivity contribution in [1.82, 2.24) is 0 Å². The molecule has 7 heteroatoms. The molecule has 4 bridgehead atoms. The van der Waals surface area contributed by atoms with Crippen LogP contribution in [0.25, 0.3) is 0 Å². The van der Waals surface area contributed by atoms with Crippen molar-refractivity contribution in [1.29, 1.82) is 0 Å². The maximum Gasteiger partial charge on any atom is 0.504 e. The number of carboxylic acid groups (broad SMARTS) is 1. The molecule has 1 saturated heterocycles. The van der Waals surface area contributed by atoms with Crippen LogP contribution in [0.3, 0.4) is 0 Å². The Hall–Kier alpha value is -0.993. The molecule has 6 unspecified atom stereocenters. The minimum Gasteiger partial charge on any atom is -0.550 e. The number of carboxylic acids is 1. The summed E-state index contributed by atoms with van der Waals surface area (Å²) in [5.74, 6) is 0.325. The second-order valence-electron chi connectivity index (χ2n) is 11.0. The van der Waals surface area contributed by atoms with Crippen molar-refractivity contribution in [2.75, 3.05) is 33.0 Å². The Balaban J connectivity index is 0.000000226.